The summed E-state index contributed by atoms with van der Waals surface area (Å²) < 4.78 is 46.5. The van der Waals surface area contributed by atoms with Crippen LogP contribution in [-0.4, -0.2) is 15.7 Å². The van der Waals surface area contributed by atoms with Crippen molar-refractivity contribution in [2.45, 2.75) is 12.8 Å². The largest absolute Gasteiger partial charge is 0.457 e. The number of aromatic nitrogens is 2. The highest BCUT2D eigenvalue weighted by Crippen LogP contribution is 2.34. The number of esters is 1. The standard InChI is InChI=1S/C24H14Cl3F3N2O2/c25-17-9-10-18(26)16(11-17)13-34-23(33)15-7-5-14(6-8-15)21-12-22(24(28,29)30)31-32(21)20-4-2-1-3-19(20)27/h1-12H,13H2. The summed E-state index contributed by atoms with van der Waals surface area (Å²) in [6, 6.07) is 18.1. The molecular weight excluding hydrogens is 512 g/mol. The van der Waals surface area contributed by atoms with Crippen LogP contribution in [0.4, 0.5) is 13.2 Å². The zero-order valence-electron chi connectivity index (χ0n) is 17.1. The Morgan fingerprint density at radius 1 is 0.912 bits per heavy atom. The molecule has 0 aliphatic rings. The molecule has 0 atom stereocenters. The van der Waals surface area contributed by atoms with Crippen molar-refractivity contribution in [3.05, 3.63) is 105 Å². The topological polar surface area (TPSA) is 44.1 Å². The van der Waals surface area contributed by atoms with Crippen molar-refractivity contribution in [2.24, 2.45) is 0 Å². The van der Waals surface area contributed by atoms with Gasteiger partial charge in [0.05, 0.1) is 22.0 Å². The molecule has 0 aliphatic carbocycles. The highest BCUT2D eigenvalue weighted by molar-refractivity contribution is 6.33. The fourth-order valence-electron chi connectivity index (χ4n) is 3.19. The summed E-state index contributed by atoms with van der Waals surface area (Å²) in [6.45, 7) is -0.0891. The second kappa shape index (κ2) is 9.70. The van der Waals surface area contributed by atoms with E-state index in [0.29, 0.717) is 21.2 Å². The molecule has 0 unspecified atom stereocenters. The monoisotopic (exact) mass is 524 g/mol. The Kier molecular flexibility index (Phi) is 6.89. The Labute approximate surface area is 207 Å². The van der Waals surface area contributed by atoms with Gasteiger partial charge in [-0.3, -0.25) is 0 Å². The van der Waals surface area contributed by atoms with Crippen LogP contribution in [0.3, 0.4) is 0 Å². The third-order valence-corrected chi connectivity index (χ3v) is 5.79. The number of benzene rings is 3. The molecule has 0 fully saturated rings. The van der Waals surface area contributed by atoms with Crippen LogP contribution in [0.25, 0.3) is 16.9 Å². The Bertz CT molecular complexity index is 1350. The Morgan fingerprint density at radius 3 is 2.29 bits per heavy atom. The molecule has 0 radical (unpaired) electrons. The van der Waals surface area contributed by atoms with Crippen molar-refractivity contribution < 1.29 is 22.7 Å². The van der Waals surface area contributed by atoms with Crippen molar-refractivity contribution in [3.8, 4) is 16.9 Å². The highest BCUT2D eigenvalue weighted by Gasteiger charge is 2.35. The number of carbonyl (C=O) groups is 1. The molecule has 0 saturated carbocycles. The molecule has 1 aromatic heterocycles. The summed E-state index contributed by atoms with van der Waals surface area (Å²) in [4.78, 5) is 12.4. The zero-order valence-corrected chi connectivity index (χ0v) is 19.4. The SMILES string of the molecule is O=C(OCc1cc(Cl)ccc1Cl)c1ccc(-c2cc(C(F)(F)F)nn2-c2ccccc2Cl)cc1. The van der Waals surface area contributed by atoms with Crippen LogP contribution in [0.5, 0.6) is 0 Å². The lowest BCUT2D eigenvalue weighted by atomic mass is 10.1. The molecule has 0 N–H and O–H groups in total. The zero-order chi connectivity index (χ0) is 24.5. The first-order valence-corrected chi connectivity index (χ1v) is 10.9. The molecule has 0 bridgehead atoms. The van der Waals surface area contributed by atoms with E-state index in [1.165, 1.54) is 24.3 Å². The lowest BCUT2D eigenvalue weighted by molar-refractivity contribution is -0.141. The maximum atomic E-state index is 13.4. The number of alkyl halides is 3. The normalized spacial score (nSPS) is 11.5. The average Bonchev–Trinajstić information content (AvgIpc) is 3.26. The third kappa shape index (κ3) is 5.22. The summed E-state index contributed by atoms with van der Waals surface area (Å²) >= 11 is 18.2. The van der Waals surface area contributed by atoms with E-state index < -0.39 is 17.8 Å². The van der Waals surface area contributed by atoms with Gasteiger partial charge in [-0.15, -0.1) is 0 Å². The van der Waals surface area contributed by atoms with E-state index >= 15 is 0 Å². The van der Waals surface area contributed by atoms with Gasteiger partial charge in [0.25, 0.3) is 0 Å². The molecule has 0 aliphatic heterocycles. The van der Waals surface area contributed by atoms with Crippen LogP contribution in [-0.2, 0) is 17.5 Å². The Hall–Kier alpha value is -3.00. The van der Waals surface area contributed by atoms with Crippen molar-refractivity contribution in [1.29, 1.82) is 0 Å². The van der Waals surface area contributed by atoms with Crippen molar-refractivity contribution in [2.75, 3.05) is 0 Å². The maximum absolute atomic E-state index is 13.4. The summed E-state index contributed by atoms with van der Waals surface area (Å²) in [5, 5.41) is 4.81. The molecule has 0 spiro atoms. The van der Waals surface area contributed by atoms with E-state index in [2.05, 4.69) is 5.10 Å². The molecule has 1 heterocycles. The van der Waals surface area contributed by atoms with Gasteiger partial charge in [-0.25, -0.2) is 9.48 Å². The molecule has 4 nitrogen and oxygen atoms in total. The van der Waals surface area contributed by atoms with E-state index in [4.69, 9.17) is 39.5 Å². The summed E-state index contributed by atoms with van der Waals surface area (Å²) in [7, 11) is 0. The minimum Gasteiger partial charge on any atom is -0.457 e. The molecule has 0 saturated heterocycles. The van der Waals surface area contributed by atoms with Gasteiger partial charge in [0.2, 0.25) is 0 Å². The molecule has 4 rings (SSSR count). The van der Waals surface area contributed by atoms with E-state index in [-0.39, 0.29) is 28.6 Å². The maximum Gasteiger partial charge on any atom is 0.435 e. The smallest absolute Gasteiger partial charge is 0.435 e. The van der Waals surface area contributed by atoms with Crippen molar-refractivity contribution >= 4 is 40.8 Å². The fraction of sp³-hybridized carbons (Fsp3) is 0.0833. The lowest BCUT2D eigenvalue weighted by Gasteiger charge is -2.10. The lowest BCUT2D eigenvalue weighted by Crippen LogP contribution is -2.07. The number of carbonyl (C=O) groups excluding carboxylic acids is 1. The summed E-state index contributed by atoms with van der Waals surface area (Å²) in [5.74, 6) is -0.627. The molecule has 10 heteroatoms. The van der Waals surface area contributed by atoms with Gasteiger partial charge in [-0.2, -0.15) is 18.3 Å². The van der Waals surface area contributed by atoms with Gasteiger partial charge in [-0.05, 0) is 48.5 Å². The Morgan fingerprint density at radius 2 is 1.62 bits per heavy atom. The minimum atomic E-state index is -4.65. The average molecular weight is 526 g/mol. The van der Waals surface area contributed by atoms with Gasteiger partial charge >= 0.3 is 12.1 Å². The molecule has 34 heavy (non-hydrogen) atoms. The quantitative estimate of drug-likeness (QED) is 0.249. The first kappa shape index (κ1) is 24.1. The number of hydrogen-bond donors (Lipinski definition) is 0. The van der Waals surface area contributed by atoms with Crippen molar-refractivity contribution in [1.82, 2.24) is 9.78 Å². The number of nitrogens with zero attached hydrogens (tertiary/aromatic N) is 2. The number of halogens is 6. The molecule has 4 aromatic rings. The third-order valence-electron chi connectivity index (χ3n) is 4.86. The summed E-state index contributed by atoms with van der Waals surface area (Å²) in [6.07, 6.45) is -4.65. The second-order valence-electron chi connectivity index (χ2n) is 7.17. The van der Waals surface area contributed by atoms with Gasteiger partial charge in [0, 0.05) is 21.2 Å². The van der Waals surface area contributed by atoms with Gasteiger partial charge in [-0.1, -0.05) is 59.1 Å². The number of rotatable bonds is 5. The molecule has 174 valence electrons. The van der Waals surface area contributed by atoms with Gasteiger partial charge in [0.15, 0.2) is 5.69 Å². The van der Waals surface area contributed by atoms with E-state index in [1.54, 1.807) is 42.5 Å². The van der Waals surface area contributed by atoms with E-state index in [1.807, 2.05) is 0 Å². The minimum absolute atomic E-state index is 0.0891. The molecule has 0 amide bonds. The molecule has 3 aromatic carbocycles. The van der Waals surface area contributed by atoms with Crippen molar-refractivity contribution in [3.63, 3.8) is 0 Å². The Balaban J connectivity index is 1.61. The number of hydrogen-bond acceptors (Lipinski definition) is 3. The highest BCUT2D eigenvalue weighted by atomic mass is 35.5. The van der Waals surface area contributed by atoms with Crippen LogP contribution in [0, 0.1) is 0 Å². The van der Waals surface area contributed by atoms with Crippen LogP contribution < -0.4 is 0 Å². The van der Waals surface area contributed by atoms with Crippen LogP contribution in [0.15, 0.2) is 72.8 Å². The van der Waals surface area contributed by atoms with E-state index in [0.717, 1.165) is 10.7 Å². The first-order valence-electron chi connectivity index (χ1n) is 9.77. The predicted molar refractivity (Wildman–Crippen MR) is 125 cm³/mol. The predicted octanol–water partition coefficient (Wildman–Crippen LogP) is 7.88. The van der Waals surface area contributed by atoms with Crippen LogP contribution in [0.2, 0.25) is 15.1 Å². The first-order chi connectivity index (χ1) is 16.1. The van der Waals surface area contributed by atoms with Crippen LogP contribution >= 0.6 is 34.8 Å². The van der Waals surface area contributed by atoms with Gasteiger partial charge in [0.1, 0.15) is 6.61 Å². The van der Waals surface area contributed by atoms with Gasteiger partial charge < -0.3 is 4.74 Å². The molecular formula is C24H14Cl3F3N2O2. The fourth-order valence-corrected chi connectivity index (χ4v) is 3.77. The van der Waals surface area contributed by atoms with Crippen LogP contribution in [0.1, 0.15) is 21.6 Å². The number of ether oxygens (including phenoxy) is 1. The number of para-hydroxylation sites is 1. The summed E-state index contributed by atoms with van der Waals surface area (Å²) in [5.41, 5.74) is 0.536. The second-order valence-corrected chi connectivity index (χ2v) is 8.42. The van der Waals surface area contributed by atoms with E-state index in [9.17, 15) is 18.0 Å².